The topological polar surface area (TPSA) is 191 Å². The molecule has 0 aliphatic rings. The number of aryl methyl sites for hydroxylation is 2. The number of nitrogens with one attached hydrogen (secondary N) is 2. The number of aliphatic carboxylic acids is 1. The van der Waals surface area contributed by atoms with E-state index in [9.17, 15) is 39.2 Å². The number of hydrogen-bond donors (Lipinski definition) is 3. The summed E-state index contributed by atoms with van der Waals surface area (Å²) in [6.07, 6.45) is -4.55. The number of hydrazine groups is 1. The van der Waals surface area contributed by atoms with Gasteiger partial charge in [-0.3, -0.25) is 30.6 Å². The van der Waals surface area contributed by atoms with E-state index in [1.807, 2.05) is 10.9 Å². The van der Waals surface area contributed by atoms with Gasteiger partial charge in [0.05, 0.1) is 16.1 Å². The average Bonchev–Trinajstić information content (AvgIpc) is 2.93. The van der Waals surface area contributed by atoms with E-state index < -0.39 is 46.9 Å². The standard InChI is InChI=1S/C27H23N3O10/c1-15-5-3-7-18(13-15)26(35)39-21(22(25(33)34)40-27(36)19-8-4-6-16(2)14-19)24(32)29-28-23(31)17-9-11-20(12-10-17)30(37)38/h3-14,21-22H,1-2H3,(H,28,31)(H,29,32)(H,33,34)/t21-,22+/m0/s1. The molecule has 3 aromatic rings. The van der Waals surface area contributed by atoms with Gasteiger partial charge in [-0.25, -0.2) is 14.4 Å². The molecule has 0 saturated carbocycles. The number of carboxylic acid groups (broad SMARTS) is 1. The Balaban J connectivity index is 1.84. The minimum atomic E-state index is -2.31. The van der Waals surface area contributed by atoms with Gasteiger partial charge < -0.3 is 14.6 Å². The maximum Gasteiger partial charge on any atom is 0.349 e. The number of amides is 2. The molecule has 0 radical (unpaired) electrons. The third-order valence-corrected chi connectivity index (χ3v) is 5.39. The van der Waals surface area contributed by atoms with Gasteiger partial charge in [-0.05, 0) is 50.2 Å². The van der Waals surface area contributed by atoms with Crippen LogP contribution < -0.4 is 10.9 Å². The second-order valence-electron chi connectivity index (χ2n) is 8.48. The lowest BCUT2D eigenvalue weighted by Crippen LogP contribution is -2.54. The second-order valence-corrected chi connectivity index (χ2v) is 8.48. The van der Waals surface area contributed by atoms with Crippen molar-refractivity contribution in [2.45, 2.75) is 26.1 Å². The molecule has 0 aliphatic heterocycles. The minimum Gasteiger partial charge on any atom is -0.478 e. The van der Waals surface area contributed by atoms with E-state index in [1.54, 1.807) is 26.0 Å². The van der Waals surface area contributed by atoms with Crippen molar-refractivity contribution in [1.29, 1.82) is 0 Å². The first-order valence-electron chi connectivity index (χ1n) is 11.6. The number of carboxylic acids is 1. The van der Waals surface area contributed by atoms with Crippen LogP contribution in [0.5, 0.6) is 0 Å². The van der Waals surface area contributed by atoms with E-state index in [4.69, 9.17) is 9.47 Å². The fourth-order valence-corrected chi connectivity index (χ4v) is 3.40. The summed E-state index contributed by atoms with van der Waals surface area (Å²) >= 11 is 0. The highest BCUT2D eigenvalue weighted by Crippen LogP contribution is 2.15. The largest absolute Gasteiger partial charge is 0.478 e. The number of hydrogen-bond acceptors (Lipinski definition) is 9. The molecule has 0 unspecified atom stereocenters. The molecule has 0 bridgehead atoms. The molecule has 2 atom stereocenters. The van der Waals surface area contributed by atoms with Crippen LogP contribution in [-0.4, -0.2) is 52.0 Å². The molecule has 0 aromatic heterocycles. The van der Waals surface area contributed by atoms with Crippen molar-refractivity contribution in [3.05, 3.63) is 111 Å². The van der Waals surface area contributed by atoms with Crippen molar-refractivity contribution in [2.24, 2.45) is 0 Å². The van der Waals surface area contributed by atoms with E-state index in [-0.39, 0.29) is 22.4 Å². The molecule has 0 spiro atoms. The predicted molar refractivity (Wildman–Crippen MR) is 137 cm³/mol. The summed E-state index contributed by atoms with van der Waals surface area (Å²) in [5, 5.41) is 20.6. The summed E-state index contributed by atoms with van der Waals surface area (Å²) in [4.78, 5) is 73.2. The summed E-state index contributed by atoms with van der Waals surface area (Å²) in [5.74, 6) is -6.25. The van der Waals surface area contributed by atoms with Crippen LogP contribution in [0.1, 0.15) is 42.2 Å². The summed E-state index contributed by atoms with van der Waals surface area (Å²) in [5.41, 5.74) is 4.91. The van der Waals surface area contributed by atoms with Gasteiger partial charge in [0, 0.05) is 17.7 Å². The van der Waals surface area contributed by atoms with E-state index in [0.29, 0.717) is 11.1 Å². The zero-order valence-corrected chi connectivity index (χ0v) is 21.2. The van der Waals surface area contributed by atoms with Crippen molar-refractivity contribution >= 4 is 35.4 Å². The van der Waals surface area contributed by atoms with Gasteiger partial charge in [0.25, 0.3) is 17.5 Å². The molecule has 13 nitrogen and oxygen atoms in total. The minimum absolute atomic E-state index is 0.0121. The average molecular weight is 549 g/mol. The lowest BCUT2D eigenvalue weighted by molar-refractivity contribution is -0.384. The van der Waals surface area contributed by atoms with E-state index in [1.165, 1.54) is 36.4 Å². The molecule has 3 rings (SSSR count). The van der Waals surface area contributed by atoms with Crippen LogP contribution in [0.25, 0.3) is 0 Å². The zero-order chi connectivity index (χ0) is 29.4. The van der Waals surface area contributed by atoms with Crippen LogP contribution in [0.4, 0.5) is 5.69 Å². The van der Waals surface area contributed by atoms with Crippen LogP contribution >= 0.6 is 0 Å². The van der Waals surface area contributed by atoms with Crippen molar-refractivity contribution in [3.8, 4) is 0 Å². The highest BCUT2D eigenvalue weighted by Gasteiger charge is 2.41. The van der Waals surface area contributed by atoms with Crippen LogP contribution in [-0.2, 0) is 19.1 Å². The summed E-state index contributed by atoms with van der Waals surface area (Å²) < 4.78 is 10.3. The first kappa shape index (κ1) is 29.0. The number of nitrogens with zero attached hydrogens (tertiary/aromatic N) is 1. The summed E-state index contributed by atoms with van der Waals surface area (Å²) in [7, 11) is 0. The number of rotatable bonds is 9. The van der Waals surface area contributed by atoms with Crippen LogP contribution in [0.2, 0.25) is 0 Å². The SMILES string of the molecule is Cc1cccc(C(=O)O[C@H](C(=O)NNC(=O)c2ccc([N+](=O)[O-])cc2)[C@@H](OC(=O)c2cccc(C)c2)C(=O)O)c1. The van der Waals surface area contributed by atoms with Gasteiger partial charge in [-0.15, -0.1) is 0 Å². The number of non-ortho nitro benzene ring substituents is 1. The lowest BCUT2D eigenvalue weighted by atomic mass is 10.1. The maximum absolute atomic E-state index is 13.0. The van der Waals surface area contributed by atoms with Crippen LogP contribution in [0, 0.1) is 24.0 Å². The Morgan fingerprint density at radius 3 is 1.70 bits per heavy atom. The van der Waals surface area contributed by atoms with E-state index in [2.05, 4.69) is 0 Å². The fraction of sp³-hybridized carbons (Fsp3) is 0.148. The van der Waals surface area contributed by atoms with E-state index >= 15 is 0 Å². The number of carbonyl (C=O) groups excluding carboxylic acids is 4. The molecule has 3 aromatic carbocycles. The third kappa shape index (κ3) is 7.47. The Labute approximate surface area is 226 Å². The second kappa shape index (κ2) is 12.8. The molecule has 0 fully saturated rings. The Morgan fingerprint density at radius 2 is 1.25 bits per heavy atom. The molecule has 206 valence electrons. The first-order valence-corrected chi connectivity index (χ1v) is 11.6. The summed E-state index contributed by atoms with van der Waals surface area (Å²) in [6, 6.07) is 16.4. The number of carbonyl (C=O) groups is 5. The smallest absolute Gasteiger partial charge is 0.349 e. The van der Waals surface area contributed by atoms with E-state index in [0.717, 1.165) is 24.3 Å². The highest BCUT2D eigenvalue weighted by molar-refractivity contribution is 5.99. The van der Waals surface area contributed by atoms with Gasteiger partial charge in [-0.2, -0.15) is 0 Å². The molecule has 2 amide bonds. The van der Waals surface area contributed by atoms with Gasteiger partial charge in [0.1, 0.15) is 0 Å². The molecule has 40 heavy (non-hydrogen) atoms. The predicted octanol–water partition coefficient (Wildman–Crippen LogP) is 2.51. The number of ether oxygens (including phenoxy) is 2. The number of esters is 2. The monoisotopic (exact) mass is 549 g/mol. The Bertz CT molecular complexity index is 1470. The third-order valence-electron chi connectivity index (χ3n) is 5.39. The van der Waals surface area contributed by atoms with Crippen molar-refractivity contribution in [3.63, 3.8) is 0 Å². The summed E-state index contributed by atoms with van der Waals surface area (Å²) in [6.45, 7) is 3.39. The number of nitro groups is 1. The maximum atomic E-state index is 13.0. The van der Waals surface area contributed by atoms with Crippen molar-refractivity contribution in [1.82, 2.24) is 10.9 Å². The van der Waals surface area contributed by atoms with Crippen molar-refractivity contribution in [2.75, 3.05) is 0 Å². The molecule has 0 saturated heterocycles. The molecule has 13 heteroatoms. The fourth-order valence-electron chi connectivity index (χ4n) is 3.40. The Morgan fingerprint density at radius 1 is 0.750 bits per heavy atom. The highest BCUT2D eigenvalue weighted by atomic mass is 16.6. The lowest BCUT2D eigenvalue weighted by Gasteiger charge is -2.23. The molecular weight excluding hydrogens is 526 g/mol. The van der Waals surface area contributed by atoms with Gasteiger partial charge >= 0.3 is 17.9 Å². The van der Waals surface area contributed by atoms with Crippen molar-refractivity contribution < 1.29 is 43.5 Å². The number of nitro benzene ring substituents is 1. The zero-order valence-electron chi connectivity index (χ0n) is 21.2. The first-order chi connectivity index (χ1) is 19.0. The van der Waals surface area contributed by atoms with Crippen LogP contribution in [0.3, 0.4) is 0 Å². The van der Waals surface area contributed by atoms with Gasteiger partial charge in [0.15, 0.2) is 0 Å². The molecule has 3 N–H and O–H groups in total. The van der Waals surface area contributed by atoms with Gasteiger partial charge in [-0.1, -0.05) is 35.4 Å². The molecule has 0 heterocycles. The van der Waals surface area contributed by atoms with Gasteiger partial charge in [0.2, 0.25) is 12.2 Å². The Kier molecular flexibility index (Phi) is 9.25. The normalized spacial score (nSPS) is 11.8. The Hall–Kier alpha value is -5.59. The van der Waals surface area contributed by atoms with Crippen LogP contribution in [0.15, 0.2) is 72.8 Å². The number of benzene rings is 3. The molecular formula is C27H23N3O10. The molecule has 0 aliphatic carbocycles. The quantitative estimate of drug-likeness (QED) is 0.203.